The predicted octanol–water partition coefficient (Wildman–Crippen LogP) is 3.09. The Labute approximate surface area is 149 Å². The summed E-state index contributed by atoms with van der Waals surface area (Å²) in [6.07, 6.45) is 3.13. The Balaban J connectivity index is 1.67. The van der Waals surface area contributed by atoms with Gasteiger partial charge in [0.25, 0.3) is 5.91 Å². The van der Waals surface area contributed by atoms with E-state index >= 15 is 0 Å². The number of carbonyl (C=O) groups excluding carboxylic acids is 2. The van der Waals surface area contributed by atoms with Gasteiger partial charge in [0, 0.05) is 36.8 Å². The van der Waals surface area contributed by atoms with Crippen molar-refractivity contribution in [1.29, 1.82) is 0 Å². The number of thiazole rings is 1. The Hall–Kier alpha value is -3.06. The van der Waals surface area contributed by atoms with Crippen molar-refractivity contribution in [3.8, 4) is 11.3 Å². The molecule has 2 N–H and O–H groups in total. The highest BCUT2D eigenvalue weighted by atomic mass is 32.1. The normalized spacial score (nSPS) is 10.3. The number of pyridine rings is 1. The van der Waals surface area contributed by atoms with Crippen LogP contribution in [0.1, 0.15) is 22.8 Å². The van der Waals surface area contributed by atoms with Gasteiger partial charge < -0.3 is 5.32 Å². The minimum absolute atomic E-state index is 0.0578. The fourth-order valence-electron chi connectivity index (χ4n) is 2.15. The largest absolute Gasteiger partial charge is 0.352 e. The molecule has 0 spiro atoms. The molecule has 7 heteroatoms. The summed E-state index contributed by atoms with van der Waals surface area (Å²) >= 11 is 1.37. The lowest BCUT2D eigenvalue weighted by Gasteiger charge is -2.03. The van der Waals surface area contributed by atoms with Gasteiger partial charge in [-0.25, -0.2) is 4.98 Å². The highest BCUT2D eigenvalue weighted by Gasteiger charge is 2.10. The maximum atomic E-state index is 12.1. The third-order valence-electron chi connectivity index (χ3n) is 3.44. The first-order chi connectivity index (χ1) is 12.1. The van der Waals surface area contributed by atoms with Gasteiger partial charge in [-0.2, -0.15) is 0 Å². The summed E-state index contributed by atoms with van der Waals surface area (Å²) in [7, 11) is 0. The molecule has 3 aromatic rings. The molecular formula is C18H16N4O2S. The summed E-state index contributed by atoms with van der Waals surface area (Å²) < 4.78 is 0. The van der Waals surface area contributed by atoms with E-state index in [2.05, 4.69) is 20.6 Å². The fourth-order valence-corrected chi connectivity index (χ4v) is 2.86. The fraction of sp³-hybridized carbons (Fsp3) is 0.111. The molecule has 0 unspecified atom stereocenters. The second kappa shape index (κ2) is 7.67. The Bertz CT molecular complexity index is 876. The van der Waals surface area contributed by atoms with Crippen LogP contribution in [0.4, 0.5) is 5.13 Å². The van der Waals surface area contributed by atoms with Crippen LogP contribution in [0.3, 0.4) is 0 Å². The molecule has 1 aromatic carbocycles. The Kier molecular flexibility index (Phi) is 5.15. The lowest BCUT2D eigenvalue weighted by molar-refractivity contribution is -0.119. The summed E-state index contributed by atoms with van der Waals surface area (Å²) in [4.78, 5) is 31.4. The average molecular weight is 352 g/mol. The minimum Gasteiger partial charge on any atom is -0.352 e. The molecule has 0 fully saturated rings. The van der Waals surface area contributed by atoms with Crippen molar-refractivity contribution in [3.05, 3.63) is 65.3 Å². The number of nitrogens with zero attached hydrogens (tertiary/aromatic N) is 2. The van der Waals surface area contributed by atoms with Crippen molar-refractivity contribution in [3.63, 3.8) is 0 Å². The number of carbonyl (C=O) groups is 2. The molecule has 2 heterocycles. The van der Waals surface area contributed by atoms with Gasteiger partial charge in [-0.05, 0) is 17.7 Å². The summed E-state index contributed by atoms with van der Waals surface area (Å²) in [5.41, 5.74) is 3.24. The van der Waals surface area contributed by atoms with Crippen LogP contribution in [-0.4, -0.2) is 21.8 Å². The van der Waals surface area contributed by atoms with Crippen molar-refractivity contribution in [2.24, 2.45) is 0 Å². The van der Waals surface area contributed by atoms with Crippen molar-refractivity contribution in [2.45, 2.75) is 13.5 Å². The second-order valence-electron chi connectivity index (χ2n) is 5.34. The average Bonchev–Trinajstić information content (AvgIpc) is 3.09. The van der Waals surface area contributed by atoms with Crippen LogP contribution < -0.4 is 10.6 Å². The number of amides is 2. The van der Waals surface area contributed by atoms with Gasteiger partial charge in [-0.15, -0.1) is 11.3 Å². The highest BCUT2D eigenvalue weighted by Crippen LogP contribution is 2.25. The second-order valence-corrected chi connectivity index (χ2v) is 6.20. The van der Waals surface area contributed by atoms with E-state index in [1.54, 1.807) is 18.3 Å². The SMILES string of the molecule is CC(=O)NCc1ccc(-c2csc(NC(=O)c3cccnc3)n2)cc1. The molecule has 0 atom stereocenters. The van der Waals surface area contributed by atoms with Gasteiger partial charge in [0.2, 0.25) is 5.91 Å². The molecule has 0 saturated carbocycles. The smallest absolute Gasteiger partial charge is 0.259 e. The Morgan fingerprint density at radius 2 is 1.96 bits per heavy atom. The van der Waals surface area contributed by atoms with Crippen molar-refractivity contribution in [2.75, 3.05) is 5.32 Å². The number of benzene rings is 1. The number of nitrogens with one attached hydrogen (secondary N) is 2. The maximum absolute atomic E-state index is 12.1. The maximum Gasteiger partial charge on any atom is 0.259 e. The van der Waals surface area contributed by atoms with Gasteiger partial charge >= 0.3 is 0 Å². The third kappa shape index (κ3) is 4.48. The van der Waals surface area contributed by atoms with E-state index in [1.807, 2.05) is 29.6 Å². The molecule has 0 saturated heterocycles. The van der Waals surface area contributed by atoms with Gasteiger partial charge in [0.05, 0.1) is 11.3 Å². The predicted molar refractivity (Wildman–Crippen MR) is 97.3 cm³/mol. The number of rotatable bonds is 5. The molecule has 2 amide bonds. The molecular weight excluding hydrogens is 336 g/mol. The molecule has 0 radical (unpaired) electrons. The number of hydrogen-bond donors (Lipinski definition) is 2. The molecule has 6 nitrogen and oxygen atoms in total. The standard InChI is InChI=1S/C18H16N4O2S/c1-12(23)20-9-13-4-6-14(7-5-13)16-11-25-18(21-16)22-17(24)15-3-2-8-19-10-15/h2-8,10-11H,9H2,1H3,(H,20,23)(H,21,22,24). The van der Waals surface area contributed by atoms with E-state index < -0.39 is 0 Å². The monoisotopic (exact) mass is 352 g/mol. The number of aromatic nitrogens is 2. The van der Waals surface area contributed by atoms with Crippen LogP contribution in [0.25, 0.3) is 11.3 Å². The van der Waals surface area contributed by atoms with E-state index in [9.17, 15) is 9.59 Å². The Morgan fingerprint density at radius 3 is 2.64 bits per heavy atom. The van der Waals surface area contributed by atoms with Crippen LogP contribution in [0.15, 0.2) is 54.2 Å². The molecule has 2 aromatic heterocycles. The van der Waals surface area contributed by atoms with Crippen LogP contribution in [0.5, 0.6) is 0 Å². The van der Waals surface area contributed by atoms with E-state index in [4.69, 9.17) is 0 Å². The molecule has 3 rings (SSSR count). The van der Waals surface area contributed by atoms with Gasteiger partial charge in [-0.1, -0.05) is 24.3 Å². The van der Waals surface area contributed by atoms with E-state index in [-0.39, 0.29) is 11.8 Å². The lowest BCUT2D eigenvalue weighted by atomic mass is 10.1. The van der Waals surface area contributed by atoms with Crippen LogP contribution >= 0.6 is 11.3 Å². The van der Waals surface area contributed by atoms with Crippen molar-refractivity contribution in [1.82, 2.24) is 15.3 Å². The van der Waals surface area contributed by atoms with Crippen LogP contribution in [-0.2, 0) is 11.3 Å². The molecule has 0 bridgehead atoms. The summed E-state index contributed by atoms with van der Waals surface area (Å²) in [6.45, 7) is 1.99. The van der Waals surface area contributed by atoms with E-state index in [1.165, 1.54) is 24.5 Å². The van der Waals surface area contributed by atoms with E-state index in [0.29, 0.717) is 17.2 Å². The number of anilines is 1. The van der Waals surface area contributed by atoms with Crippen LogP contribution in [0, 0.1) is 0 Å². The highest BCUT2D eigenvalue weighted by molar-refractivity contribution is 7.14. The van der Waals surface area contributed by atoms with Gasteiger partial charge in [0.1, 0.15) is 0 Å². The van der Waals surface area contributed by atoms with Crippen molar-refractivity contribution < 1.29 is 9.59 Å². The zero-order valence-electron chi connectivity index (χ0n) is 13.5. The van der Waals surface area contributed by atoms with Crippen molar-refractivity contribution >= 4 is 28.3 Å². The molecule has 126 valence electrons. The van der Waals surface area contributed by atoms with Gasteiger partial charge in [0.15, 0.2) is 5.13 Å². The van der Waals surface area contributed by atoms with Crippen LogP contribution in [0.2, 0.25) is 0 Å². The first-order valence-corrected chi connectivity index (χ1v) is 8.50. The Morgan fingerprint density at radius 1 is 1.16 bits per heavy atom. The van der Waals surface area contributed by atoms with E-state index in [0.717, 1.165) is 16.8 Å². The minimum atomic E-state index is -0.236. The first-order valence-electron chi connectivity index (χ1n) is 7.62. The third-order valence-corrected chi connectivity index (χ3v) is 4.20. The first kappa shape index (κ1) is 16.8. The van der Waals surface area contributed by atoms with Gasteiger partial charge in [-0.3, -0.25) is 19.9 Å². The number of hydrogen-bond acceptors (Lipinski definition) is 5. The summed E-state index contributed by atoms with van der Waals surface area (Å²) in [5.74, 6) is -0.294. The summed E-state index contributed by atoms with van der Waals surface area (Å²) in [5, 5.41) is 7.95. The zero-order chi connectivity index (χ0) is 17.6. The molecule has 0 aliphatic carbocycles. The lowest BCUT2D eigenvalue weighted by Crippen LogP contribution is -2.18. The summed E-state index contributed by atoms with van der Waals surface area (Å²) in [6, 6.07) is 11.2. The molecule has 0 aliphatic rings. The topological polar surface area (TPSA) is 84.0 Å². The molecule has 25 heavy (non-hydrogen) atoms. The molecule has 0 aliphatic heterocycles. The zero-order valence-corrected chi connectivity index (χ0v) is 14.3. The quantitative estimate of drug-likeness (QED) is 0.739.